The molecular weight excluding hydrogens is 298 g/mol. The van der Waals surface area contributed by atoms with Crippen LogP contribution in [0, 0.1) is 32.6 Å². The van der Waals surface area contributed by atoms with E-state index in [0.717, 1.165) is 28.9 Å². The number of aryl methyl sites for hydroxylation is 1. The van der Waals surface area contributed by atoms with Crippen LogP contribution in [0.3, 0.4) is 0 Å². The second-order valence-electron chi connectivity index (χ2n) is 6.74. The SMILES string of the molecule is COc1c(C)cc(S(=O)(=O)N2C[C@H](C)C[C@H](C)C2)c(C)c1C. The maximum absolute atomic E-state index is 13.1. The monoisotopic (exact) mass is 325 g/mol. The fourth-order valence-electron chi connectivity index (χ4n) is 3.54. The van der Waals surface area contributed by atoms with Gasteiger partial charge in [-0.05, 0) is 61.8 Å². The maximum atomic E-state index is 13.1. The van der Waals surface area contributed by atoms with Crippen LogP contribution >= 0.6 is 0 Å². The largest absolute Gasteiger partial charge is 0.496 e. The Morgan fingerprint density at radius 2 is 1.64 bits per heavy atom. The topological polar surface area (TPSA) is 46.6 Å². The lowest BCUT2D eigenvalue weighted by molar-refractivity contribution is 0.222. The minimum atomic E-state index is -3.45. The highest BCUT2D eigenvalue weighted by Crippen LogP contribution is 2.34. The van der Waals surface area contributed by atoms with Gasteiger partial charge in [0, 0.05) is 13.1 Å². The number of nitrogens with zero attached hydrogens (tertiary/aromatic N) is 1. The van der Waals surface area contributed by atoms with Crippen molar-refractivity contribution in [2.24, 2.45) is 11.8 Å². The van der Waals surface area contributed by atoms with E-state index in [-0.39, 0.29) is 0 Å². The molecule has 22 heavy (non-hydrogen) atoms. The van der Waals surface area contributed by atoms with Crippen LogP contribution in [-0.2, 0) is 10.0 Å². The van der Waals surface area contributed by atoms with E-state index in [1.807, 2.05) is 20.8 Å². The summed E-state index contributed by atoms with van der Waals surface area (Å²) < 4.78 is 33.2. The molecule has 4 nitrogen and oxygen atoms in total. The number of rotatable bonds is 3. The van der Waals surface area contributed by atoms with Gasteiger partial charge in [0.15, 0.2) is 0 Å². The number of benzene rings is 1. The summed E-state index contributed by atoms with van der Waals surface area (Å²) >= 11 is 0. The summed E-state index contributed by atoms with van der Waals surface area (Å²) in [5, 5.41) is 0. The molecule has 1 fully saturated rings. The first-order chi connectivity index (χ1) is 10.2. The third-order valence-corrected chi connectivity index (χ3v) is 6.59. The van der Waals surface area contributed by atoms with E-state index in [9.17, 15) is 8.42 Å². The molecule has 1 aliphatic heterocycles. The van der Waals surface area contributed by atoms with E-state index in [1.54, 1.807) is 17.5 Å². The molecule has 1 heterocycles. The molecule has 5 heteroatoms. The number of ether oxygens (including phenoxy) is 1. The Balaban J connectivity index is 2.50. The average Bonchev–Trinajstić information content (AvgIpc) is 2.42. The van der Waals surface area contributed by atoms with Gasteiger partial charge in [-0.1, -0.05) is 13.8 Å². The zero-order valence-electron chi connectivity index (χ0n) is 14.4. The zero-order valence-corrected chi connectivity index (χ0v) is 15.3. The first kappa shape index (κ1) is 17.3. The van der Waals surface area contributed by atoms with E-state index < -0.39 is 10.0 Å². The summed E-state index contributed by atoms with van der Waals surface area (Å²) in [6.07, 6.45) is 1.09. The van der Waals surface area contributed by atoms with Gasteiger partial charge in [0.2, 0.25) is 10.0 Å². The van der Waals surface area contributed by atoms with Gasteiger partial charge in [0.25, 0.3) is 0 Å². The summed E-state index contributed by atoms with van der Waals surface area (Å²) in [6, 6.07) is 1.75. The van der Waals surface area contributed by atoms with Crippen molar-refractivity contribution >= 4 is 10.0 Å². The lowest BCUT2D eigenvalue weighted by Crippen LogP contribution is -2.42. The van der Waals surface area contributed by atoms with Crippen LogP contribution in [-0.4, -0.2) is 32.9 Å². The summed E-state index contributed by atoms with van der Waals surface area (Å²) in [5.41, 5.74) is 2.55. The van der Waals surface area contributed by atoms with Gasteiger partial charge >= 0.3 is 0 Å². The Hall–Kier alpha value is -1.07. The second kappa shape index (κ2) is 6.20. The van der Waals surface area contributed by atoms with E-state index in [2.05, 4.69) is 13.8 Å². The minimum absolute atomic E-state index is 0.402. The average molecular weight is 325 g/mol. The molecule has 0 radical (unpaired) electrons. The van der Waals surface area contributed by atoms with E-state index in [1.165, 1.54) is 0 Å². The van der Waals surface area contributed by atoms with E-state index in [0.29, 0.717) is 29.8 Å². The first-order valence-electron chi connectivity index (χ1n) is 7.83. The van der Waals surface area contributed by atoms with Crippen molar-refractivity contribution in [2.45, 2.75) is 45.9 Å². The molecule has 1 saturated heterocycles. The Labute approximate surface area is 134 Å². The lowest BCUT2D eigenvalue weighted by atomic mass is 9.94. The Morgan fingerprint density at radius 1 is 1.09 bits per heavy atom. The number of methoxy groups -OCH3 is 1. The normalized spacial score (nSPS) is 23.5. The smallest absolute Gasteiger partial charge is 0.243 e. The van der Waals surface area contributed by atoms with Crippen molar-refractivity contribution in [1.82, 2.24) is 4.31 Å². The molecular formula is C17H27NO3S. The molecule has 2 rings (SSSR count). The van der Waals surface area contributed by atoms with Crippen molar-refractivity contribution < 1.29 is 13.2 Å². The quantitative estimate of drug-likeness (QED) is 0.857. The molecule has 0 spiro atoms. The third kappa shape index (κ3) is 3.01. The molecule has 0 saturated carbocycles. The van der Waals surface area contributed by atoms with Crippen molar-refractivity contribution in [3.05, 3.63) is 22.8 Å². The summed E-state index contributed by atoms with van der Waals surface area (Å²) in [4.78, 5) is 0.421. The predicted molar refractivity (Wildman–Crippen MR) is 88.9 cm³/mol. The van der Waals surface area contributed by atoms with Gasteiger partial charge in [-0.2, -0.15) is 4.31 Å². The molecule has 0 aromatic heterocycles. The van der Waals surface area contributed by atoms with Gasteiger partial charge in [0.1, 0.15) is 5.75 Å². The first-order valence-corrected chi connectivity index (χ1v) is 9.27. The molecule has 0 amide bonds. The summed E-state index contributed by atoms with van der Waals surface area (Å²) in [7, 11) is -1.83. The van der Waals surface area contributed by atoms with E-state index >= 15 is 0 Å². The highest BCUT2D eigenvalue weighted by atomic mass is 32.2. The van der Waals surface area contributed by atoms with Gasteiger partial charge in [-0.15, -0.1) is 0 Å². The van der Waals surface area contributed by atoms with Crippen molar-refractivity contribution in [2.75, 3.05) is 20.2 Å². The molecule has 0 unspecified atom stereocenters. The Bertz CT molecular complexity index is 657. The van der Waals surface area contributed by atoms with Gasteiger partial charge in [0.05, 0.1) is 12.0 Å². The molecule has 2 atom stereocenters. The summed E-state index contributed by atoms with van der Waals surface area (Å²) in [6.45, 7) is 11.1. The van der Waals surface area contributed by atoms with Crippen LogP contribution in [0.15, 0.2) is 11.0 Å². The molecule has 0 aliphatic carbocycles. The Morgan fingerprint density at radius 3 is 2.14 bits per heavy atom. The van der Waals surface area contributed by atoms with Gasteiger partial charge < -0.3 is 4.74 Å². The van der Waals surface area contributed by atoms with Crippen molar-refractivity contribution in [1.29, 1.82) is 0 Å². The van der Waals surface area contributed by atoms with Crippen LogP contribution in [0.5, 0.6) is 5.75 Å². The lowest BCUT2D eigenvalue weighted by Gasteiger charge is -2.34. The maximum Gasteiger partial charge on any atom is 0.243 e. The third-order valence-electron chi connectivity index (χ3n) is 4.64. The number of hydrogen-bond acceptors (Lipinski definition) is 3. The molecule has 124 valence electrons. The standard InChI is InChI=1S/C17H27NO3S/c1-11-7-12(2)10-18(9-11)22(19,20)16-8-13(3)17(21-6)15(5)14(16)4/h8,11-12H,7,9-10H2,1-6H3/t11-,12+. The van der Waals surface area contributed by atoms with Crippen molar-refractivity contribution in [3.63, 3.8) is 0 Å². The van der Waals surface area contributed by atoms with Crippen molar-refractivity contribution in [3.8, 4) is 5.75 Å². The molecule has 1 aliphatic rings. The van der Waals surface area contributed by atoms with Crippen LogP contribution in [0.1, 0.15) is 37.0 Å². The molecule has 0 N–H and O–H groups in total. The Kier molecular flexibility index (Phi) is 4.87. The van der Waals surface area contributed by atoms with Crippen LogP contribution in [0.4, 0.5) is 0 Å². The number of piperidine rings is 1. The minimum Gasteiger partial charge on any atom is -0.496 e. The fraction of sp³-hybridized carbons (Fsp3) is 0.647. The molecule has 0 bridgehead atoms. The van der Waals surface area contributed by atoms with Gasteiger partial charge in [-0.3, -0.25) is 0 Å². The molecule has 1 aromatic rings. The highest BCUT2D eigenvalue weighted by Gasteiger charge is 2.33. The van der Waals surface area contributed by atoms with Crippen LogP contribution in [0.25, 0.3) is 0 Å². The van der Waals surface area contributed by atoms with E-state index in [4.69, 9.17) is 4.74 Å². The van der Waals surface area contributed by atoms with Crippen LogP contribution in [0.2, 0.25) is 0 Å². The predicted octanol–water partition coefficient (Wildman–Crippen LogP) is 3.29. The van der Waals surface area contributed by atoms with Gasteiger partial charge in [-0.25, -0.2) is 8.42 Å². The summed E-state index contributed by atoms with van der Waals surface area (Å²) in [5.74, 6) is 1.58. The highest BCUT2D eigenvalue weighted by molar-refractivity contribution is 7.89. The number of sulfonamides is 1. The zero-order chi connectivity index (χ0) is 16.7. The fourth-order valence-corrected chi connectivity index (χ4v) is 5.59. The number of hydrogen-bond donors (Lipinski definition) is 0. The second-order valence-corrected chi connectivity index (χ2v) is 8.65. The molecule has 1 aromatic carbocycles. The van der Waals surface area contributed by atoms with Crippen LogP contribution < -0.4 is 4.74 Å².